The lowest BCUT2D eigenvalue weighted by molar-refractivity contribution is -0.116. The summed E-state index contributed by atoms with van der Waals surface area (Å²) in [5.41, 5.74) is 7.77. The third kappa shape index (κ3) is 5.00. The lowest BCUT2D eigenvalue weighted by Crippen LogP contribution is -2.23. The van der Waals surface area contributed by atoms with Crippen LogP contribution >= 0.6 is 23.7 Å². The van der Waals surface area contributed by atoms with E-state index in [1.807, 2.05) is 0 Å². The Morgan fingerprint density at radius 1 is 1.42 bits per heavy atom. The molecule has 0 bridgehead atoms. The van der Waals surface area contributed by atoms with Crippen LogP contribution in [0.5, 0.6) is 0 Å². The molecule has 1 aromatic heterocycles. The normalized spacial score (nSPS) is 14.8. The number of anilines is 1. The van der Waals surface area contributed by atoms with E-state index in [1.54, 1.807) is 19.1 Å². The van der Waals surface area contributed by atoms with Crippen LogP contribution in [0.3, 0.4) is 0 Å². The standard InChI is InChI=1S/C17H20FN3OS.ClH/c1-10(19)8-15(22)20-17-21-16(12-4-5-12)14(23-17)9-11-2-6-13(18)7-3-11;/h2-3,6-7,10,12H,4-5,8-9,19H2,1H3,(H,20,21,22);1H. The van der Waals surface area contributed by atoms with E-state index in [1.165, 1.54) is 23.5 Å². The summed E-state index contributed by atoms with van der Waals surface area (Å²) in [5.74, 6) is 0.162. The Balaban J connectivity index is 0.00000208. The first-order chi connectivity index (χ1) is 11.0. The number of amides is 1. The molecule has 1 atom stereocenters. The molecule has 0 radical (unpaired) electrons. The van der Waals surface area contributed by atoms with Gasteiger partial charge in [-0.25, -0.2) is 9.37 Å². The molecule has 7 heteroatoms. The number of hydrogen-bond donors (Lipinski definition) is 2. The number of hydrogen-bond acceptors (Lipinski definition) is 4. The number of rotatable bonds is 6. The van der Waals surface area contributed by atoms with Crippen LogP contribution in [0.15, 0.2) is 24.3 Å². The molecule has 1 heterocycles. The van der Waals surface area contributed by atoms with Gasteiger partial charge in [-0.15, -0.1) is 23.7 Å². The number of halogens is 2. The first-order valence-electron chi connectivity index (χ1n) is 7.80. The largest absolute Gasteiger partial charge is 0.327 e. The molecule has 3 N–H and O–H groups in total. The predicted octanol–water partition coefficient (Wildman–Crippen LogP) is 3.85. The van der Waals surface area contributed by atoms with Gasteiger partial charge in [-0.1, -0.05) is 12.1 Å². The van der Waals surface area contributed by atoms with Crippen LogP contribution in [0.1, 0.15) is 48.2 Å². The van der Waals surface area contributed by atoms with E-state index in [4.69, 9.17) is 5.73 Å². The molecule has 1 aliphatic rings. The summed E-state index contributed by atoms with van der Waals surface area (Å²) in [6.45, 7) is 1.80. The summed E-state index contributed by atoms with van der Waals surface area (Å²) < 4.78 is 13.0. The summed E-state index contributed by atoms with van der Waals surface area (Å²) in [6, 6.07) is 6.36. The van der Waals surface area contributed by atoms with Crippen LogP contribution in [0, 0.1) is 5.82 Å². The van der Waals surface area contributed by atoms with Crippen LogP contribution < -0.4 is 11.1 Å². The molecular weight excluding hydrogens is 349 g/mol. The van der Waals surface area contributed by atoms with Gasteiger partial charge in [0.1, 0.15) is 5.82 Å². The number of thiazole rings is 1. The van der Waals surface area contributed by atoms with Gasteiger partial charge in [-0.05, 0) is 37.5 Å². The fourth-order valence-electron chi connectivity index (χ4n) is 2.47. The topological polar surface area (TPSA) is 68.0 Å². The van der Waals surface area contributed by atoms with Crippen molar-refractivity contribution in [3.8, 4) is 0 Å². The zero-order valence-corrected chi connectivity index (χ0v) is 15.1. The van der Waals surface area contributed by atoms with Crippen LogP contribution in [-0.2, 0) is 11.2 Å². The highest BCUT2D eigenvalue weighted by Gasteiger charge is 2.30. The SMILES string of the molecule is CC(N)CC(=O)Nc1nc(C2CC2)c(Cc2ccc(F)cc2)s1.Cl. The maximum Gasteiger partial charge on any atom is 0.227 e. The molecular formula is C17H21ClFN3OS. The molecule has 4 nitrogen and oxygen atoms in total. The van der Waals surface area contributed by atoms with Gasteiger partial charge in [0, 0.05) is 29.7 Å². The van der Waals surface area contributed by atoms with Gasteiger partial charge < -0.3 is 11.1 Å². The summed E-state index contributed by atoms with van der Waals surface area (Å²) in [6.07, 6.45) is 3.29. The molecule has 0 spiro atoms. The minimum Gasteiger partial charge on any atom is -0.327 e. The number of nitrogens with one attached hydrogen (secondary N) is 1. The van der Waals surface area contributed by atoms with E-state index in [0.717, 1.165) is 29.0 Å². The summed E-state index contributed by atoms with van der Waals surface area (Å²) in [7, 11) is 0. The molecule has 2 aromatic rings. The Hall–Kier alpha value is -1.50. The first-order valence-corrected chi connectivity index (χ1v) is 8.62. The van der Waals surface area contributed by atoms with Crippen LogP contribution in [0.4, 0.5) is 9.52 Å². The molecule has 24 heavy (non-hydrogen) atoms. The van der Waals surface area contributed by atoms with Crippen molar-refractivity contribution in [1.82, 2.24) is 4.98 Å². The molecule has 3 rings (SSSR count). The van der Waals surface area contributed by atoms with Crippen molar-refractivity contribution >= 4 is 34.8 Å². The van der Waals surface area contributed by atoms with Crippen molar-refractivity contribution < 1.29 is 9.18 Å². The monoisotopic (exact) mass is 369 g/mol. The first kappa shape index (κ1) is 18.8. The van der Waals surface area contributed by atoms with Crippen molar-refractivity contribution in [1.29, 1.82) is 0 Å². The lowest BCUT2D eigenvalue weighted by Gasteiger charge is -2.03. The molecule has 1 aliphatic carbocycles. The highest BCUT2D eigenvalue weighted by molar-refractivity contribution is 7.15. The smallest absolute Gasteiger partial charge is 0.227 e. The van der Waals surface area contributed by atoms with E-state index < -0.39 is 0 Å². The van der Waals surface area contributed by atoms with Gasteiger partial charge >= 0.3 is 0 Å². The quantitative estimate of drug-likeness (QED) is 0.812. The molecule has 0 saturated heterocycles. The summed E-state index contributed by atoms with van der Waals surface area (Å²) in [4.78, 5) is 17.6. The second-order valence-electron chi connectivity index (χ2n) is 6.13. The summed E-state index contributed by atoms with van der Waals surface area (Å²) >= 11 is 1.50. The van der Waals surface area contributed by atoms with Crippen molar-refractivity contribution in [2.75, 3.05) is 5.32 Å². The Bertz CT molecular complexity index is 698. The van der Waals surface area contributed by atoms with Gasteiger partial charge in [0.15, 0.2) is 5.13 Å². The second kappa shape index (κ2) is 8.05. The van der Waals surface area contributed by atoms with Crippen LogP contribution in [0.25, 0.3) is 0 Å². The molecule has 0 aliphatic heterocycles. The van der Waals surface area contributed by atoms with Crippen molar-refractivity contribution in [3.63, 3.8) is 0 Å². The minimum atomic E-state index is -0.232. The van der Waals surface area contributed by atoms with Crippen LogP contribution in [0.2, 0.25) is 0 Å². The highest BCUT2D eigenvalue weighted by atomic mass is 35.5. The third-order valence-corrected chi connectivity index (χ3v) is 4.71. The van der Waals surface area contributed by atoms with Gasteiger partial charge in [0.2, 0.25) is 5.91 Å². The number of benzene rings is 1. The Morgan fingerprint density at radius 3 is 2.67 bits per heavy atom. The van der Waals surface area contributed by atoms with Gasteiger partial charge in [0.25, 0.3) is 0 Å². The fraction of sp³-hybridized carbons (Fsp3) is 0.412. The zero-order valence-electron chi connectivity index (χ0n) is 13.4. The van der Waals surface area contributed by atoms with Crippen molar-refractivity contribution in [2.45, 2.75) is 44.6 Å². The third-order valence-electron chi connectivity index (χ3n) is 3.72. The molecule has 1 saturated carbocycles. The van der Waals surface area contributed by atoms with E-state index >= 15 is 0 Å². The van der Waals surface area contributed by atoms with Gasteiger partial charge in [0.05, 0.1) is 5.69 Å². The maximum absolute atomic E-state index is 13.0. The van der Waals surface area contributed by atoms with E-state index in [-0.39, 0.29) is 36.6 Å². The number of carbonyl (C=O) groups is 1. The Labute approximate surface area is 151 Å². The van der Waals surface area contributed by atoms with Crippen LogP contribution in [-0.4, -0.2) is 16.9 Å². The molecule has 130 valence electrons. The summed E-state index contributed by atoms with van der Waals surface area (Å²) in [5, 5.41) is 3.47. The van der Waals surface area contributed by atoms with E-state index in [0.29, 0.717) is 17.5 Å². The number of nitrogens with zero attached hydrogens (tertiary/aromatic N) is 1. The fourth-order valence-corrected chi connectivity index (χ4v) is 3.57. The number of carbonyl (C=O) groups excluding carboxylic acids is 1. The second-order valence-corrected chi connectivity index (χ2v) is 7.22. The molecule has 1 aromatic carbocycles. The number of nitrogens with two attached hydrogens (primary N) is 1. The van der Waals surface area contributed by atoms with Gasteiger partial charge in [-0.3, -0.25) is 4.79 Å². The lowest BCUT2D eigenvalue weighted by atomic mass is 10.1. The van der Waals surface area contributed by atoms with E-state index in [9.17, 15) is 9.18 Å². The molecule has 1 fully saturated rings. The Morgan fingerprint density at radius 2 is 2.08 bits per heavy atom. The minimum absolute atomic E-state index is 0. The average Bonchev–Trinajstić information content (AvgIpc) is 3.24. The van der Waals surface area contributed by atoms with Crippen molar-refractivity contribution in [3.05, 3.63) is 46.2 Å². The zero-order chi connectivity index (χ0) is 16.4. The average molecular weight is 370 g/mol. The van der Waals surface area contributed by atoms with E-state index in [2.05, 4.69) is 10.3 Å². The predicted molar refractivity (Wildman–Crippen MR) is 97.4 cm³/mol. The van der Waals surface area contributed by atoms with Crippen molar-refractivity contribution in [2.24, 2.45) is 5.73 Å². The van der Waals surface area contributed by atoms with Gasteiger partial charge in [-0.2, -0.15) is 0 Å². The highest BCUT2D eigenvalue weighted by Crippen LogP contribution is 2.44. The molecule has 1 amide bonds. The molecule has 1 unspecified atom stereocenters. The maximum atomic E-state index is 13.0. The Kier molecular flexibility index (Phi) is 6.32. The number of aromatic nitrogens is 1.